The van der Waals surface area contributed by atoms with E-state index < -0.39 is 18.6 Å². The van der Waals surface area contributed by atoms with E-state index in [1.165, 1.54) is 18.6 Å². The summed E-state index contributed by atoms with van der Waals surface area (Å²) in [6.45, 7) is 1.56. The highest BCUT2D eigenvalue weighted by Crippen LogP contribution is 2.10. The third kappa shape index (κ3) is 4.09. The van der Waals surface area contributed by atoms with Crippen molar-refractivity contribution in [3.8, 4) is 0 Å². The zero-order valence-electron chi connectivity index (χ0n) is 14.0. The lowest BCUT2D eigenvalue weighted by molar-refractivity contribution is -0.134. The average molecular weight is 357 g/mol. The van der Waals surface area contributed by atoms with Gasteiger partial charge in [-0.25, -0.2) is 15.0 Å². The van der Waals surface area contributed by atoms with Gasteiger partial charge in [0.1, 0.15) is 11.7 Å². The number of amides is 2. The molecule has 3 rings (SSSR count). The van der Waals surface area contributed by atoms with Gasteiger partial charge in [0.25, 0.3) is 5.91 Å². The molecule has 2 N–H and O–H groups in total. The van der Waals surface area contributed by atoms with Crippen molar-refractivity contribution in [2.75, 3.05) is 37.7 Å². The molecule has 0 bridgehead atoms. The van der Waals surface area contributed by atoms with E-state index in [0.717, 1.165) is 0 Å². The minimum atomic E-state index is -1.02. The lowest BCUT2D eigenvalue weighted by atomic mass is 10.2. The Kier molecular flexibility index (Phi) is 5.64. The van der Waals surface area contributed by atoms with Crippen molar-refractivity contribution in [1.82, 2.24) is 30.2 Å². The molecule has 1 unspecified atom stereocenters. The molecule has 2 amide bonds. The maximum Gasteiger partial charge on any atom is 0.272 e. The van der Waals surface area contributed by atoms with Crippen LogP contribution in [-0.4, -0.2) is 80.6 Å². The number of carbonyl (C=O) groups excluding carboxylic acids is 2. The molecule has 1 fully saturated rings. The Hall–Kier alpha value is -3.14. The minimum Gasteiger partial charge on any atom is -0.394 e. The standard InChI is InChI=1S/C16H19N7O3/c24-11-13(21-14(25)12-10-17-4-5-18-12)15(26)22-6-8-23(9-7-22)16-19-2-1-3-20-16/h1-5,10,13,24H,6-9,11H2,(H,21,25). The van der Waals surface area contributed by atoms with E-state index in [1.54, 1.807) is 23.4 Å². The molecule has 136 valence electrons. The first-order valence-corrected chi connectivity index (χ1v) is 8.17. The van der Waals surface area contributed by atoms with Crippen LogP contribution in [0.25, 0.3) is 0 Å². The monoisotopic (exact) mass is 357 g/mol. The molecule has 1 aliphatic rings. The summed E-state index contributed by atoms with van der Waals surface area (Å²) in [6.07, 6.45) is 7.47. The molecule has 0 aromatic carbocycles. The molecule has 1 atom stereocenters. The van der Waals surface area contributed by atoms with Crippen molar-refractivity contribution in [2.45, 2.75) is 6.04 Å². The van der Waals surface area contributed by atoms with Gasteiger partial charge in [0.05, 0.1) is 12.8 Å². The first-order chi connectivity index (χ1) is 12.7. The van der Waals surface area contributed by atoms with Crippen LogP contribution in [0.5, 0.6) is 0 Å². The van der Waals surface area contributed by atoms with E-state index in [2.05, 4.69) is 25.3 Å². The molecular formula is C16H19N7O3. The molecule has 1 aliphatic heterocycles. The third-order valence-electron chi connectivity index (χ3n) is 4.01. The lowest BCUT2D eigenvalue weighted by Gasteiger charge is -2.36. The number of aliphatic hydroxyl groups is 1. The number of nitrogens with one attached hydrogen (secondary N) is 1. The maximum atomic E-state index is 12.6. The number of anilines is 1. The van der Waals surface area contributed by atoms with Crippen LogP contribution in [-0.2, 0) is 4.79 Å². The van der Waals surface area contributed by atoms with Crippen molar-refractivity contribution in [3.05, 3.63) is 42.7 Å². The smallest absolute Gasteiger partial charge is 0.272 e. The first-order valence-electron chi connectivity index (χ1n) is 8.17. The maximum absolute atomic E-state index is 12.6. The average Bonchev–Trinajstić information content (AvgIpc) is 2.72. The van der Waals surface area contributed by atoms with Gasteiger partial charge in [0, 0.05) is 51.0 Å². The summed E-state index contributed by atoms with van der Waals surface area (Å²) >= 11 is 0. The number of aliphatic hydroxyl groups excluding tert-OH is 1. The van der Waals surface area contributed by atoms with Crippen LogP contribution >= 0.6 is 0 Å². The topological polar surface area (TPSA) is 124 Å². The highest BCUT2D eigenvalue weighted by molar-refractivity contribution is 5.96. The van der Waals surface area contributed by atoms with Crippen molar-refractivity contribution < 1.29 is 14.7 Å². The van der Waals surface area contributed by atoms with Crippen LogP contribution < -0.4 is 10.2 Å². The van der Waals surface area contributed by atoms with Gasteiger partial charge in [0.2, 0.25) is 11.9 Å². The van der Waals surface area contributed by atoms with Crippen LogP contribution in [0.3, 0.4) is 0 Å². The van der Waals surface area contributed by atoms with Crippen molar-refractivity contribution >= 4 is 17.8 Å². The second-order valence-corrected chi connectivity index (χ2v) is 5.66. The van der Waals surface area contributed by atoms with E-state index in [1.807, 2.05) is 4.90 Å². The molecule has 26 heavy (non-hydrogen) atoms. The second-order valence-electron chi connectivity index (χ2n) is 5.66. The first kappa shape index (κ1) is 17.7. The Balaban J connectivity index is 1.57. The van der Waals surface area contributed by atoms with Gasteiger partial charge in [-0.2, -0.15) is 0 Å². The molecular weight excluding hydrogens is 338 g/mol. The normalized spacial score (nSPS) is 15.4. The molecule has 10 heteroatoms. The van der Waals surface area contributed by atoms with Crippen LogP contribution in [0.2, 0.25) is 0 Å². The van der Waals surface area contributed by atoms with E-state index >= 15 is 0 Å². The minimum absolute atomic E-state index is 0.0878. The Morgan fingerprint density at radius 1 is 1.08 bits per heavy atom. The van der Waals surface area contributed by atoms with E-state index in [-0.39, 0.29) is 11.6 Å². The molecule has 0 spiro atoms. The number of nitrogens with zero attached hydrogens (tertiary/aromatic N) is 6. The van der Waals surface area contributed by atoms with Crippen LogP contribution in [0.1, 0.15) is 10.5 Å². The number of hydrogen-bond acceptors (Lipinski definition) is 8. The van der Waals surface area contributed by atoms with E-state index in [0.29, 0.717) is 32.1 Å². The van der Waals surface area contributed by atoms with Gasteiger partial charge in [-0.15, -0.1) is 0 Å². The molecule has 1 saturated heterocycles. The highest BCUT2D eigenvalue weighted by atomic mass is 16.3. The molecule has 0 radical (unpaired) electrons. The number of hydrogen-bond donors (Lipinski definition) is 2. The fraction of sp³-hybridized carbons (Fsp3) is 0.375. The summed E-state index contributed by atoms with van der Waals surface area (Å²) in [7, 11) is 0. The summed E-state index contributed by atoms with van der Waals surface area (Å²) in [6, 6.07) is 0.721. The SMILES string of the molecule is O=C(NC(CO)C(=O)N1CCN(c2ncccn2)CC1)c1cnccn1. The predicted octanol–water partition coefficient (Wildman–Crippen LogP) is -1.29. The zero-order chi connectivity index (χ0) is 18.4. The number of carbonyl (C=O) groups is 2. The largest absolute Gasteiger partial charge is 0.394 e. The fourth-order valence-corrected chi connectivity index (χ4v) is 2.64. The Labute approximate surface area is 149 Å². The lowest BCUT2D eigenvalue weighted by Crippen LogP contribution is -2.56. The van der Waals surface area contributed by atoms with E-state index in [4.69, 9.17) is 0 Å². The Morgan fingerprint density at radius 2 is 1.81 bits per heavy atom. The van der Waals surface area contributed by atoms with Crippen LogP contribution in [0.4, 0.5) is 5.95 Å². The number of rotatable bonds is 5. The van der Waals surface area contributed by atoms with Crippen LogP contribution in [0.15, 0.2) is 37.1 Å². The second kappa shape index (κ2) is 8.30. The predicted molar refractivity (Wildman–Crippen MR) is 91.2 cm³/mol. The molecule has 10 nitrogen and oxygen atoms in total. The summed E-state index contributed by atoms with van der Waals surface area (Å²) in [5.41, 5.74) is 0.0878. The Morgan fingerprint density at radius 3 is 2.42 bits per heavy atom. The van der Waals surface area contributed by atoms with Gasteiger partial charge < -0.3 is 20.2 Å². The number of aromatic nitrogens is 4. The van der Waals surface area contributed by atoms with Gasteiger partial charge in [-0.3, -0.25) is 14.6 Å². The third-order valence-corrected chi connectivity index (χ3v) is 4.01. The van der Waals surface area contributed by atoms with Crippen molar-refractivity contribution in [3.63, 3.8) is 0 Å². The van der Waals surface area contributed by atoms with Gasteiger partial charge in [-0.1, -0.05) is 0 Å². The molecule has 3 heterocycles. The summed E-state index contributed by atoms with van der Waals surface area (Å²) in [4.78, 5) is 44.4. The fourth-order valence-electron chi connectivity index (χ4n) is 2.64. The molecule has 0 saturated carbocycles. The van der Waals surface area contributed by atoms with Gasteiger partial charge in [-0.05, 0) is 6.07 Å². The summed E-state index contributed by atoms with van der Waals surface area (Å²) in [5, 5.41) is 12.0. The zero-order valence-corrected chi connectivity index (χ0v) is 14.0. The summed E-state index contributed by atoms with van der Waals surface area (Å²) < 4.78 is 0. The quantitative estimate of drug-likeness (QED) is 0.677. The molecule has 2 aromatic rings. The number of piperazine rings is 1. The van der Waals surface area contributed by atoms with E-state index in [9.17, 15) is 14.7 Å². The highest BCUT2D eigenvalue weighted by Gasteiger charge is 2.29. The van der Waals surface area contributed by atoms with Gasteiger partial charge in [0.15, 0.2) is 0 Å². The molecule has 2 aromatic heterocycles. The van der Waals surface area contributed by atoms with Gasteiger partial charge >= 0.3 is 0 Å². The van der Waals surface area contributed by atoms with Crippen LogP contribution in [0, 0.1) is 0 Å². The summed E-state index contributed by atoms with van der Waals surface area (Å²) in [5.74, 6) is -0.269. The van der Waals surface area contributed by atoms with Crippen molar-refractivity contribution in [2.24, 2.45) is 0 Å². The Bertz CT molecular complexity index is 736. The molecule has 0 aliphatic carbocycles. The van der Waals surface area contributed by atoms with Crippen molar-refractivity contribution in [1.29, 1.82) is 0 Å².